The number of benzene rings is 1. The van der Waals surface area contributed by atoms with Crippen molar-refractivity contribution in [2.75, 3.05) is 6.61 Å². The van der Waals surface area contributed by atoms with Crippen molar-refractivity contribution in [2.24, 2.45) is 11.8 Å². The summed E-state index contributed by atoms with van der Waals surface area (Å²) in [5, 5.41) is 10.1. The number of hydrogen-bond acceptors (Lipinski definition) is 3. The number of aliphatic hydroxyl groups is 1. The molecule has 104 valence electrons. The van der Waals surface area contributed by atoms with Gasteiger partial charge < -0.3 is 14.6 Å². The summed E-state index contributed by atoms with van der Waals surface area (Å²) >= 11 is 0. The Morgan fingerprint density at radius 2 is 2.16 bits per heavy atom. The van der Waals surface area contributed by atoms with Crippen LogP contribution in [0, 0.1) is 11.8 Å². The van der Waals surface area contributed by atoms with Crippen LogP contribution >= 0.6 is 0 Å². The standard InChI is InChI=1S/C16H22O3/c1-2-14(17)12-8-15-16(19-15)13(12)10-18-9-11-6-4-3-5-7-11/h3-7,12-17H,2,8-10H2,1H3/t12-,13+,14+,15-,16+/m1/s1. The highest BCUT2D eigenvalue weighted by atomic mass is 16.6. The molecule has 2 aliphatic rings. The molecular formula is C16H22O3. The molecule has 0 amide bonds. The first kappa shape index (κ1) is 13.1. The molecule has 1 N–H and O–H groups in total. The van der Waals surface area contributed by atoms with Crippen LogP contribution in [0.2, 0.25) is 0 Å². The molecule has 19 heavy (non-hydrogen) atoms. The minimum atomic E-state index is -0.207. The van der Waals surface area contributed by atoms with Gasteiger partial charge in [-0.2, -0.15) is 0 Å². The van der Waals surface area contributed by atoms with Crippen molar-refractivity contribution in [3.8, 4) is 0 Å². The molecule has 0 aromatic heterocycles. The molecule has 1 aromatic rings. The first-order valence-corrected chi connectivity index (χ1v) is 7.24. The number of fused-ring (bicyclic) bond motifs is 1. The van der Waals surface area contributed by atoms with Crippen LogP contribution in [0.15, 0.2) is 30.3 Å². The van der Waals surface area contributed by atoms with Gasteiger partial charge in [0.05, 0.1) is 31.5 Å². The van der Waals surface area contributed by atoms with Gasteiger partial charge in [0.1, 0.15) is 0 Å². The molecule has 3 nitrogen and oxygen atoms in total. The smallest absolute Gasteiger partial charge is 0.0895 e. The van der Waals surface area contributed by atoms with Crippen LogP contribution in [0.1, 0.15) is 25.3 Å². The monoisotopic (exact) mass is 262 g/mol. The molecule has 1 saturated heterocycles. The molecule has 1 aliphatic carbocycles. The van der Waals surface area contributed by atoms with Gasteiger partial charge >= 0.3 is 0 Å². The molecule has 0 spiro atoms. The summed E-state index contributed by atoms with van der Waals surface area (Å²) in [5.74, 6) is 0.716. The summed E-state index contributed by atoms with van der Waals surface area (Å²) in [7, 11) is 0. The van der Waals surface area contributed by atoms with Crippen molar-refractivity contribution in [1.29, 1.82) is 0 Å². The normalized spacial score (nSPS) is 34.0. The van der Waals surface area contributed by atoms with Crippen molar-refractivity contribution in [3.63, 3.8) is 0 Å². The minimum absolute atomic E-state index is 0.207. The lowest BCUT2D eigenvalue weighted by atomic mass is 9.89. The molecule has 2 fully saturated rings. The van der Waals surface area contributed by atoms with E-state index < -0.39 is 0 Å². The molecule has 5 atom stereocenters. The predicted molar refractivity (Wildman–Crippen MR) is 72.7 cm³/mol. The molecule has 1 saturated carbocycles. The van der Waals surface area contributed by atoms with Gasteiger partial charge in [-0.15, -0.1) is 0 Å². The number of rotatable bonds is 6. The van der Waals surface area contributed by atoms with Gasteiger partial charge in [0.2, 0.25) is 0 Å². The Labute approximate surface area is 114 Å². The zero-order valence-electron chi connectivity index (χ0n) is 11.4. The molecular weight excluding hydrogens is 240 g/mol. The van der Waals surface area contributed by atoms with Crippen molar-refractivity contribution in [3.05, 3.63) is 35.9 Å². The van der Waals surface area contributed by atoms with E-state index in [1.54, 1.807) is 0 Å². The quantitative estimate of drug-likeness (QED) is 0.800. The van der Waals surface area contributed by atoms with Crippen molar-refractivity contribution >= 4 is 0 Å². The second kappa shape index (κ2) is 5.61. The van der Waals surface area contributed by atoms with E-state index in [1.165, 1.54) is 5.56 Å². The van der Waals surface area contributed by atoms with Crippen LogP contribution in [0.3, 0.4) is 0 Å². The Bertz CT molecular complexity index is 406. The zero-order chi connectivity index (χ0) is 13.2. The average molecular weight is 262 g/mol. The van der Waals surface area contributed by atoms with Crippen LogP contribution < -0.4 is 0 Å². The Hall–Kier alpha value is -0.900. The topological polar surface area (TPSA) is 42.0 Å². The van der Waals surface area contributed by atoms with Crippen molar-refractivity contribution in [1.82, 2.24) is 0 Å². The lowest BCUT2D eigenvalue weighted by Gasteiger charge is -2.25. The molecule has 0 bridgehead atoms. The fraction of sp³-hybridized carbons (Fsp3) is 0.625. The highest BCUT2D eigenvalue weighted by Gasteiger charge is 2.56. The van der Waals surface area contributed by atoms with Crippen molar-refractivity contribution < 1.29 is 14.6 Å². The van der Waals surface area contributed by atoms with E-state index >= 15 is 0 Å². The number of hydrogen-bond donors (Lipinski definition) is 1. The SMILES string of the molecule is CC[C@H](O)[C@@H]1C[C@H]2O[C@H]2[C@H]1COCc1ccccc1. The first-order valence-electron chi connectivity index (χ1n) is 7.24. The number of ether oxygens (including phenoxy) is 2. The van der Waals surface area contributed by atoms with E-state index in [0.717, 1.165) is 12.8 Å². The third kappa shape index (κ3) is 2.83. The third-order valence-electron chi connectivity index (χ3n) is 4.43. The molecule has 3 heteroatoms. The number of aliphatic hydroxyl groups excluding tert-OH is 1. The fourth-order valence-electron chi connectivity index (χ4n) is 3.26. The van der Waals surface area contributed by atoms with Gasteiger partial charge in [-0.1, -0.05) is 37.3 Å². The van der Waals surface area contributed by atoms with Gasteiger partial charge in [-0.25, -0.2) is 0 Å². The summed E-state index contributed by atoms with van der Waals surface area (Å²) in [6.07, 6.45) is 2.33. The number of epoxide rings is 1. The second-order valence-corrected chi connectivity index (χ2v) is 5.68. The second-order valence-electron chi connectivity index (χ2n) is 5.68. The average Bonchev–Trinajstić information content (AvgIpc) is 3.14. The maximum Gasteiger partial charge on any atom is 0.0895 e. The van der Waals surface area contributed by atoms with Gasteiger partial charge in [0.25, 0.3) is 0 Å². The molecule has 1 heterocycles. The molecule has 0 radical (unpaired) electrons. The van der Waals surface area contributed by atoms with Gasteiger partial charge in [0.15, 0.2) is 0 Å². The van der Waals surface area contributed by atoms with E-state index in [-0.39, 0.29) is 6.10 Å². The molecule has 1 aromatic carbocycles. The van der Waals surface area contributed by atoms with Crippen LogP contribution in [-0.4, -0.2) is 30.0 Å². The van der Waals surface area contributed by atoms with E-state index in [2.05, 4.69) is 12.1 Å². The Balaban J connectivity index is 1.51. The lowest BCUT2D eigenvalue weighted by molar-refractivity contribution is -0.0000761. The van der Waals surface area contributed by atoms with Gasteiger partial charge in [0, 0.05) is 5.92 Å². The van der Waals surface area contributed by atoms with Gasteiger partial charge in [-0.3, -0.25) is 0 Å². The molecule has 1 aliphatic heterocycles. The fourth-order valence-corrected chi connectivity index (χ4v) is 3.26. The summed E-state index contributed by atoms with van der Waals surface area (Å²) in [6, 6.07) is 10.2. The Kier molecular flexibility index (Phi) is 3.87. The largest absolute Gasteiger partial charge is 0.393 e. The molecule has 0 unspecified atom stereocenters. The Morgan fingerprint density at radius 3 is 2.89 bits per heavy atom. The third-order valence-corrected chi connectivity index (χ3v) is 4.43. The summed E-state index contributed by atoms with van der Waals surface area (Å²) in [6.45, 7) is 3.37. The maximum absolute atomic E-state index is 10.1. The maximum atomic E-state index is 10.1. The summed E-state index contributed by atoms with van der Waals surface area (Å²) in [5.41, 5.74) is 1.20. The minimum Gasteiger partial charge on any atom is -0.393 e. The lowest BCUT2D eigenvalue weighted by Crippen LogP contribution is -2.30. The van der Waals surface area contributed by atoms with E-state index in [4.69, 9.17) is 9.47 Å². The van der Waals surface area contributed by atoms with E-state index in [0.29, 0.717) is 37.3 Å². The summed E-state index contributed by atoms with van der Waals surface area (Å²) in [4.78, 5) is 0. The summed E-state index contributed by atoms with van der Waals surface area (Å²) < 4.78 is 11.4. The molecule has 3 rings (SSSR count). The predicted octanol–water partition coefficient (Wildman–Crippen LogP) is 2.38. The van der Waals surface area contributed by atoms with Crippen molar-refractivity contribution in [2.45, 2.75) is 44.7 Å². The first-order chi connectivity index (χ1) is 9.29. The van der Waals surface area contributed by atoms with Crippen LogP contribution in [0.4, 0.5) is 0 Å². The highest BCUT2D eigenvalue weighted by molar-refractivity contribution is 5.13. The highest BCUT2D eigenvalue weighted by Crippen LogP contribution is 2.48. The van der Waals surface area contributed by atoms with E-state index in [9.17, 15) is 5.11 Å². The van der Waals surface area contributed by atoms with Gasteiger partial charge in [-0.05, 0) is 24.3 Å². The van der Waals surface area contributed by atoms with Crippen LogP contribution in [0.25, 0.3) is 0 Å². The van der Waals surface area contributed by atoms with Crippen LogP contribution in [-0.2, 0) is 16.1 Å². The van der Waals surface area contributed by atoms with Crippen LogP contribution in [0.5, 0.6) is 0 Å². The zero-order valence-corrected chi connectivity index (χ0v) is 11.4. The Morgan fingerprint density at radius 1 is 1.37 bits per heavy atom. The van der Waals surface area contributed by atoms with E-state index in [1.807, 2.05) is 25.1 Å².